The average Bonchev–Trinajstić information content (AvgIpc) is 3.25. The number of Topliss-reactive ketones (excluding diaryl/α,β-unsaturated/α-hetero) is 1. The first-order chi connectivity index (χ1) is 17.2. The summed E-state index contributed by atoms with van der Waals surface area (Å²) in [6.45, 7) is 0.278. The number of ketones is 1. The van der Waals surface area contributed by atoms with Crippen molar-refractivity contribution in [3.05, 3.63) is 94.6 Å². The minimum absolute atomic E-state index is 0.0385. The van der Waals surface area contributed by atoms with Crippen LogP contribution in [0.1, 0.15) is 26.4 Å². The van der Waals surface area contributed by atoms with E-state index in [0.29, 0.717) is 16.3 Å². The summed E-state index contributed by atoms with van der Waals surface area (Å²) in [5.41, 5.74) is 1.68. The lowest BCUT2D eigenvalue weighted by Gasteiger charge is -2.16. The van der Waals surface area contributed by atoms with Crippen LogP contribution in [0.2, 0.25) is 5.02 Å². The van der Waals surface area contributed by atoms with E-state index in [2.05, 4.69) is 10.3 Å². The highest BCUT2D eigenvalue weighted by Gasteiger charge is 2.28. The van der Waals surface area contributed by atoms with Crippen LogP contribution in [0.5, 0.6) is 11.5 Å². The number of nitrogens with zero attached hydrogens (tertiary/aromatic N) is 4. The maximum absolute atomic E-state index is 13.1. The molecule has 1 N–H and O–H groups in total. The van der Waals surface area contributed by atoms with Crippen LogP contribution in [0.3, 0.4) is 0 Å². The molecule has 0 unspecified atom stereocenters. The van der Waals surface area contributed by atoms with Crippen LogP contribution in [-0.4, -0.2) is 49.7 Å². The summed E-state index contributed by atoms with van der Waals surface area (Å²) < 4.78 is 6.98. The van der Waals surface area contributed by atoms with Gasteiger partial charge in [-0.15, -0.1) is 5.10 Å². The molecule has 0 aliphatic rings. The number of aryl methyl sites for hydroxylation is 1. The number of aromatic nitrogens is 3. The summed E-state index contributed by atoms with van der Waals surface area (Å²) in [6.07, 6.45) is 0. The smallest absolute Gasteiger partial charge is 0.339 e. The Morgan fingerprint density at radius 2 is 1.72 bits per heavy atom. The van der Waals surface area contributed by atoms with Crippen LogP contribution in [0, 0.1) is 0 Å². The molecular formula is C26H21ClN4O5. The highest BCUT2D eigenvalue weighted by molar-refractivity contribution is 6.43. The number of hydrogen-bond acceptors (Lipinski definition) is 6. The second-order valence-corrected chi connectivity index (χ2v) is 8.39. The van der Waals surface area contributed by atoms with Crippen molar-refractivity contribution in [3.63, 3.8) is 0 Å². The molecule has 4 rings (SSSR count). The fraction of sp³-hybridized carbons (Fsp3) is 0.115. The van der Waals surface area contributed by atoms with Crippen molar-refractivity contribution in [1.82, 2.24) is 19.9 Å². The number of halogens is 1. The van der Waals surface area contributed by atoms with Crippen molar-refractivity contribution in [3.8, 4) is 22.8 Å². The number of carboxylic acids is 1. The van der Waals surface area contributed by atoms with E-state index in [1.54, 1.807) is 31.3 Å². The van der Waals surface area contributed by atoms with E-state index >= 15 is 0 Å². The quantitative estimate of drug-likeness (QED) is 0.278. The maximum Gasteiger partial charge on any atom is 0.339 e. The number of carbonyl (C=O) groups is 3. The molecule has 1 heterocycles. The van der Waals surface area contributed by atoms with Crippen molar-refractivity contribution in [2.75, 3.05) is 7.05 Å². The third-order valence-corrected chi connectivity index (χ3v) is 5.61. The lowest BCUT2D eigenvalue weighted by atomic mass is 10.1. The topological polar surface area (TPSA) is 115 Å². The molecule has 1 aromatic heterocycles. The molecule has 36 heavy (non-hydrogen) atoms. The number of rotatable bonds is 8. The lowest BCUT2D eigenvalue weighted by molar-refractivity contribution is -0.125. The summed E-state index contributed by atoms with van der Waals surface area (Å²) >= 11 is 5.98. The Labute approximate surface area is 211 Å². The molecule has 0 saturated carbocycles. The molecule has 1 amide bonds. The number of ether oxygens (including phenoxy) is 1. The molecule has 0 spiro atoms. The van der Waals surface area contributed by atoms with Gasteiger partial charge in [0.25, 0.3) is 11.7 Å². The third-order valence-electron chi connectivity index (χ3n) is 5.38. The van der Waals surface area contributed by atoms with Crippen LogP contribution < -0.4 is 4.74 Å². The van der Waals surface area contributed by atoms with Gasteiger partial charge in [-0.05, 0) is 42.0 Å². The summed E-state index contributed by atoms with van der Waals surface area (Å²) in [7, 11) is 3.10. The number of amides is 1. The van der Waals surface area contributed by atoms with Crippen LogP contribution in [-0.2, 0) is 18.4 Å². The zero-order chi connectivity index (χ0) is 25.8. The van der Waals surface area contributed by atoms with Gasteiger partial charge in [-0.3, -0.25) is 9.59 Å². The number of likely N-dealkylation sites (N-methyl/N-ethyl adjacent to an activating group) is 1. The van der Waals surface area contributed by atoms with Gasteiger partial charge in [-0.2, -0.15) is 0 Å². The molecule has 0 bridgehead atoms. The van der Waals surface area contributed by atoms with Crippen molar-refractivity contribution in [2.45, 2.75) is 6.54 Å². The van der Waals surface area contributed by atoms with Crippen LogP contribution in [0.15, 0.2) is 72.8 Å². The molecule has 0 atom stereocenters. The first-order valence-corrected chi connectivity index (χ1v) is 11.2. The van der Waals surface area contributed by atoms with E-state index in [0.717, 1.165) is 5.56 Å². The van der Waals surface area contributed by atoms with Gasteiger partial charge in [0.15, 0.2) is 0 Å². The molecule has 0 aliphatic carbocycles. The van der Waals surface area contributed by atoms with E-state index in [9.17, 15) is 19.5 Å². The number of carboxylic acid groups (broad SMARTS) is 1. The number of aromatic carboxylic acids is 1. The monoisotopic (exact) mass is 504 g/mol. The molecule has 3 aromatic carbocycles. The molecule has 0 fully saturated rings. The summed E-state index contributed by atoms with van der Waals surface area (Å²) in [6, 6.07) is 20.0. The van der Waals surface area contributed by atoms with Gasteiger partial charge in [-0.25, -0.2) is 9.48 Å². The minimum Gasteiger partial charge on any atom is -0.478 e. The minimum atomic E-state index is -1.15. The van der Waals surface area contributed by atoms with Crippen LogP contribution >= 0.6 is 11.6 Å². The fourth-order valence-electron chi connectivity index (χ4n) is 3.57. The molecule has 0 saturated heterocycles. The SMILES string of the molecule is CN(Cc1ccccc1)C(=O)C(=O)c1c(-c2ccc(Oc3cc(Cl)ccc3C(=O)O)cc2)nnn1C. The van der Waals surface area contributed by atoms with Gasteiger partial charge in [-0.1, -0.05) is 47.1 Å². The second-order valence-electron chi connectivity index (χ2n) is 7.96. The molecule has 10 heteroatoms. The number of benzene rings is 3. The first-order valence-electron chi connectivity index (χ1n) is 10.8. The second kappa shape index (κ2) is 10.4. The Balaban J connectivity index is 1.56. The largest absolute Gasteiger partial charge is 0.478 e. The zero-order valence-corrected chi connectivity index (χ0v) is 20.1. The van der Waals surface area contributed by atoms with Crippen molar-refractivity contribution in [2.24, 2.45) is 7.05 Å². The zero-order valence-electron chi connectivity index (χ0n) is 19.4. The molecule has 4 aromatic rings. The maximum atomic E-state index is 13.1. The average molecular weight is 505 g/mol. The van der Waals surface area contributed by atoms with Gasteiger partial charge < -0.3 is 14.7 Å². The normalized spacial score (nSPS) is 10.6. The van der Waals surface area contributed by atoms with E-state index in [1.807, 2.05) is 30.3 Å². The molecular weight excluding hydrogens is 484 g/mol. The lowest BCUT2D eigenvalue weighted by Crippen LogP contribution is -2.34. The highest BCUT2D eigenvalue weighted by atomic mass is 35.5. The van der Waals surface area contributed by atoms with Crippen LogP contribution in [0.4, 0.5) is 0 Å². The van der Waals surface area contributed by atoms with E-state index in [-0.39, 0.29) is 29.2 Å². The Kier molecular flexibility index (Phi) is 7.12. The van der Waals surface area contributed by atoms with Crippen molar-refractivity contribution < 1.29 is 24.2 Å². The van der Waals surface area contributed by atoms with Gasteiger partial charge in [0.2, 0.25) is 0 Å². The molecule has 9 nitrogen and oxygen atoms in total. The van der Waals surface area contributed by atoms with Gasteiger partial charge >= 0.3 is 5.97 Å². The van der Waals surface area contributed by atoms with E-state index in [1.165, 1.54) is 34.8 Å². The Morgan fingerprint density at radius 1 is 1.03 bits per heavy atom. The summed E-state index contributed by atoms with van der Waals surface area (Å²) in [5, 5.41) is 17.7. The van der Waals surface area contributed by atoms with E-state index in [4.69, 9.17) is 16.3 Å². The van der Waals surface area contributed by atoms with Gasteiger partial charge in [0, 0.05) is 37.3 Å². The third kappa shape index (κ3) is 5.26. The Hall–Kier alpha value is -4.50. The number of hydrogen-bond donors (Lipinski definition) is 1. The first kappa shape index (κ1) is 24.6. The molecule has 182 valence electrons. The predicted molar refractivity (Wildman–Crippen MR) is 132 cm³/mol. The van der Waals surface area contributed by atoms with Gasteiger partial charge in [0.05, 0.1) is 0 Å². The molecule has 0 aliphatic heterocycles. The van der Waals surface area contributed by atoms with E-state index < -0.39 is 17.7 Å². The Morgan fingerprint density at radius 3 is 2.39 bits per heavy atom. The summed E-state index contributed by atoms with van der Waals surface area (Å²) in [4.78, 5) is 38.8. The van der Waals surface area contributed by atoms with Gasteiger partial charge in [0.1, 0.15) is 28.5 Å². The van der Waals surface area contributed by atoms with Crippen LogP contribution in [0.25, 0.3) is 11.3 Å². The summed E-state index contributed by atoms with van der Waals surface area (Å²) in [5.74, 6) is -2.14. The van der Waals surface area contributed by atoms with Crippen molar-refractivity contribution in [1.29, 1.82) is 0 Å². The standard InChI is InChI=1S/C26H21ClN4O5/c1-30(15-16-6-4-3-5-7-16)25(33)24(32)23-22(28-29-31(23)2)17-8-11-19(12-9-17)36-21-14-18(27)10-13-20(21)26(34)35/h3-14H,15H2,1-2H3,(H,34,35). The highest BCUT2D eigenvalue weighted by Crippen LogP contribution is 2.30. The molecule has 0 radical (unpaired) electrons. The number of carbonyl (C=O) groups excluding carboxylic acids is 2. The Bertz CT molecular complexity index is 1430. The fourth-order valence-corrected chi connectivity index (χ4v) is 3.74. The van der Waals surface area contributed by atoms with Crippen molar-refractivity contribution >= 4 is 29.3 Å². The predicted octanol–water partition coefficient (Wildman–Crippen LogP) is 4.47.